The second-order valence-corrected chi connectivity index (χ2v) is 6.07. The summed E-state index contributed by atoms with van der Waals surface area (Å²) < 4.78 is 11.8. The van der Waals surface area contributed by atoms with Crippen LogP contribution in [0.3, 0.4) is 0 Å². The number of aromatic amines is 1. The summed E-state index contributed by atoms with van der Waals surface area (Å²) in [6.45, 7) is 6.06. The molecule has 19 heavy (non-hydrogen) atoms. The zero-order chi connectivity index (χ0) is 13.8. The van der Waals surface area contributed by atoms with Gasteiger partial charge in [-0.15, -0.1) is 0 Å². The predicted octanol–water partition coefficient (Wildman–Crippen LogP) is 4.85. The molecule has 0 aliphatic carbocycles. The van der Waals surface area contributed by atoms with Crippen molar-refractivity contribution < 1.29 is 9.47 Å². The van der Waals surface area contributed by atoms with Crippen LogP contribution >= 0.6 is 23.2 Å². The van der Waals surface area contributed by atoms with Gasteiger partial charge in [0.15, 0.2) is 5.75 Å². The molecule has 3 rings (SSSR count). The summed E-state index contributed by atoms with van der Waals surface area (Å²) in [6.07, 6.45) is 0.531. The maximum Gasteiger partial charge on any atom is 0.200 e. The monoisotopic (exact) mass is 299 g/mol. The van der Waals surface area contributed by atoms with Gasteiger partial charge in [-0.25, -0.2) is 0 Å². The highest BCUT2D eigenvalue weighted by Crippen LogP contribution is 2.45. The maximum absolute atomic E-state index is 6.23. The largest absolute Gasteiger partial charge is 0.462 e. The van der Waals surface area contributed by atoms with Crippen molar-refractivity contribution in [2.24, 2.45) is 0 Å². The van der Waals surface area contributed by atoms with E-state index in [2.05, 4.69) is 4.98 Å². The van der Waals surface area contributed by atoms with Crippen LogP contribution in [0.5, 0.6) is 5.75 Å². The van der Waals surface area contributed by atoms with E-state index in [9.17, 15) is 0 Å². The lowest BCUT2D eigenvalue weighted by Gasteiger charge is -2.35. The van der Waals surface area contributed by atoms with Crippen LogP contribution in [-0.4, -0.2) is 11.3 Å². The van der Waals surface area contributed by atoms with E-state index in [1.807, 2.05) is 26.8 Å². The summed E-state index contributed by atoms with van der Waals surface area (Å²) in [7, 11) is 0. The average molecular weight is 300 g/mol. The summed E-state index contributed by atoms with van der Waals surface area (Å²) in [5.41, 5.74) is 1.30. The van der Waals surface area contributed by atoms with Gasteiger partial charge in [0.1, 0.15) is 5.60 Å². The Hall–Kier alpha value is -0.900. The molecule has 1 aromatic heterocycles. The zero-order valence-corrected chi connectivity index (χ0v) is 12.5. The van der Waals surface area contributed by atoms with Gasteiger partial charge in [0, 0.05) is 16.8 Å². The summed E-state index contributed by atoms with van der Waals surface area (Å²) in [4.78, 5) is 3.31. The third-order valence-corrected chi connectivity index (χ3v) is 3.90. The highest BCUT2D eigenvalue weighted by molar-refractivity contribution is 6.38. The lowest BCUT2D eigenvalue weighted by molar-refractivity contribution is -0.183. The Bertz CT molecular complexity index is 648. The van der Waals surface area contributed by atoms with Crippen molar-refractivity contribution >= 4 is 34.1 Å². The summed E-state index contributed by atoms with van der Waals surface area (Å²) in [6, 6.07) is 3.59. The van der Waals surface area contributed by atoms with Crippen molar-refractivity contribution in [3.8, 4) is 5.75 Å². The fourth-order valence-electron chi connectivity index (χ4n) is 2.45. The number of halogens is 2. The molecule has 1 aliphatic heterocycles. The number of nitrogens with one attached hydrogen (secondary N) is 1. The zero-order valence-electron chi connectivity index (χ0n) is 11.0. The summed E-state index contributed by atoms with van der Waals surface area (Å²) in [5, 5.41) is 2.09. The minimum atomic E-state index is -0.441. The van der Waals surface area contributed by atoms with E-state index in [0.717, 1.165) is 28.8 Å². The molecule has 3 nitrogen and oxygen atoms in total. The van der Waals surface area contributed by atoms with Gasteiger partial charge in [-0.1, -0.05) is 30.1 Å². The van der Waals surface area contributed by atoms with E-state index in [0.29, 0.717) is 10.0 Å². The van der Waals surface area contributed by atoms with Gasteiger partial charge in [0.2, 0.25) is 6.29 Å². The SMILES string of the molecule is CCC1Oc2c([nH]c3c(Cl)cc(Cl)cc23)C(C)(C)O1. The average Bonchev–Trinajstić information content (AvgIpc) is 2.68. The maximum atomic E-state index is 6.23. The minimum Gasteiger partial charge on any atom is -0.462 e. The van der Waals surface area contributed by atoms with E-state index in [1.54, 1.807) is 6.07 Å². The van der Waals surface area contributed by atoms with Crippen molar-refractivity contribution in [2.75, 3.05) is 0 Å². The molecular formula is C14H15Cl2NO2. The van der Waals surface area contributed by atoms with Crippen LogP contribution in [-0.2, 0) is 10.3 Å². The Kier molecular flexibility index (Phi) is 2.97. The Labute approximate surface area is 121 Å². The molecule has 1 N–H and O–H groups in total. The first-order chi connectivity index (χ1) is 8.92. The quantitative estimate of drug-likeness (QED) is 0.816. The molecule has 102 valence electrons. The van der Waals surface area contributed by atoms with Gasteiger partial charge in [-0.05, 0) is 26.0 Å². The number of ether oxygens (including phenoxy) is 2. The van der Waals surface area contributed by atoms with Crippen LogP contribution < -0.4 is 4.74 Å². The Morgan fingerprint density at radius 1 is 1.32 bits per heavy atom. The van der Waals surface area contributed by atoms with Crippen LogP contribution in [0, 0.1) is 0 Å². The van der Waals surface area contributed by atoms with Crippen LogP contribution in [0.4, 0.5) is 0 Å². The van der Waals surface area contributed by atoms with Crippen molar-refractivity contribution in [1.82, 2.24) is 4.98 Å². The topological polar surface area (TPSA) is 34.2 Å². The van der Waals surface area contributed by atoms with Gasteiger partial charge in [0.05, 0.1) is 16.2 Å². The molecule has 5 heteroatoms. The number of aromatic nitrogens is 1. The van der Waals surface area contributed by atoms with E-state index in [1.165, 1.54) is 0 Å². The van der Waals surface area contributed by atoms with E-state index in [-0.39, 0.29) is 6.29 Å². The third-order valence-electron chi connectivity index (χ3n) is 3.39. The van der Waals surface area contributed by atoms with Crippen molar-refractivity contribution in [2.45, 2.75) is 39.1 Å². The van der Waals surface area contributed by atoms with Gasteiger partial charge in [-0.3, -0.25) is 0 Å². The lowest BCUT2D eigenvalue weighted by atomic mass is 10.0. The van der Waals surface area contributed by atoms with Gasteiger partial charge >= 0.3 is 0 Å². The fraction of sp³-hybridized carbons (Fsp3) is 0.429. The van der Waals surface area contributed by atoms with E-state index in [4.69, 9.17) is 32.7 Å². The molecule has 0 amide bonds. The Morgan fingerprint density at radius 2 is 2.05 bits per heavy atom. The standard InChI is InChI=1S/C14H15Cl2NO2/c1-4-10-18-12-8-5-7(15)6-9(16)11(8)17-13(12)14(2,3)19-10/h5-6,10,17H,4H2,1-3H3. The second kappa shape index (κ2) is 4.30. The molecule has 0 spiro atoms. The first-order valence-electron chi connectivity index (χ1n) is 6.28. The van der Waals surface area contributed by atoms with E-state index < -0.39 is 5.60 Å². The fourth-order valence-corrected chi connectivity index (χ4v) is 2.99. The number of H-pyrrole nitrogens is 1. The highest BCUT2D eigenvalue weighted by atomic mass is 35.5. The molecule has 0 saturated carbocycles. The Balaban J connectivity index is 2.29. The van der Waals surface area contributed by atoms with Gasteiger partial charge in [-0.2, -0.15) is 0 Å². The molecular weight excluding hydrogens is 285 g/mol. The van der Waals surface area contributed by atoms with Crippen molar-refractivity contribution in [3.05, 3.63) is 27.9 Å². The first-order valence-corrected chi connectivity index (χ1v) is 7.03. The summed E-state index contributed by atoms with van der Waals surface area (Å²) >= 11 is 12.3. The number of fused-ring (bicyclic) bond motifs is 3. The third kappa shape index (κ3) is 2.00. The van der Waals surface area contributed by atoms with Crippen LogP contribution in [0.25, 0.3) is 10.9 Å². The number of benzene rings is 1. The molecule has 0 radical (unpaired) electrons. The molecule has 2 heterocycles. The second-order valence-electron chi connectivity index (χ2n) is 5.22. The van der Waals surface area contributed by atoms with Gasteiger partial charge < -0.3 is 14.5 Å². The number of hydrogen-bond donors (Lipinski definition) is 1. The molecule has 1 unspecified atom stereocenters. The van der Waals surface area contributed by atoms with Crippen LogP contribution in [0.15, 0.2) is 12.1 Å². The smallest absolute Gasteiger partial charge is 0.200 e. The molecule has 1 aliphatic rings. The van der Waals surface area contributed by atoms with Crippen molar-refractivity contribution in [3.63, 3.8) is 0 Å². The molecule has 0 fully saturated rings. The van der Waals surface area contributed by atoms with Gasteiger partial charge in [0.25, 0.3) is 0 Å². The predicted molar refractivity (Wildman–Crippen MR) is 77.1 cm³/mol. The van der Waals surface area contributed by atoms with Crippen LogP contribution in [0.1, 0.15) is 32.9 Å². The van der Waals surface area contributed by atoms with Crippen molar-refractivity contribution in [1.29, 1.82) is 0 Å². The van der Waals surface area contributed by atoms with Crippen LogP contribution in [0.2, 0.25) is 10.0 Å². The first kappa shape index (κ1) is 13.1. The lowest BCUT2D eigenvalue weighted by Crippen LogP contribution is -2.36. The molecule has 0 bridgehead atoms. The Morgan fingerprint density at radius 3 is 2.74 bits per heavy atom. The molecule has 2 aromatic rings. The normalized spacial score (nSPS) is 21.2. The number of rotatable bonds is 1. The number of hydrogen-bond acceptors (Lipinski definition) is 2. The molecule has 1 aromatic carbocycles. The molecule has 1 atom stereocenters. The summed E-state index contributed by atoms with van der Waals surface area (Å²) in [5.74, 6) is 0.794. The minimum absolute atomic E-state index is 0.251. The van der Waals surface area contributed by atoms with E-state index >= 15 is 0 Å². The molecule has 0 saturated heterocycles. The highest BCUT2D eigenvalue weighted by Gasteiger charge is 2.37.